The van der Waals surface area contributed by atoms with Gasteiger partial charge in [-0.3, -0.25) is 14.2 Å². The molecule has 1 amide bonds. The van der Waals surface area contributed by atoms with Crippen molar-refractivity contribution in [2.24, 2.45) is 0 Å². The van der Waals surface area contributed by atoms with Gasteiger partial charge in [0, 0.05) is 30.5 Å². The number of hydrogen-bond acceptors (Lipinski definition) is 6. The summed E-state index contributed by atoms with van der Waals surface area (Å²) >= 11 is 6.62. The van der Waals surface area contributed by atoms with E-state index in [1.165, 1.54) is 11.8 Å². The van der Waals surface area contributed by atoms with E-state index in [0.717, 1.165) is 23.2 Å². The van der Waals surface area contributed by atoms with Gasteiger partial charge in [-0.15, -0.1) is 0 Å². The Labute approximate surface area is 199 Å². The molecule has 0 aliphatic carbocycles. The fourth-order valence-corrected chi connectivity index (χ4v) is 5.28. The van der Waals surface area contributed by atoms with Crippen molar-refractivity contribution in [2.75, 3.05) is 23.7 Å². The molecule has 0 spiro atoms. The lowest BCUT2D eigenvalue weighted by atomic mass is 9.99. The van der Waals surface area contributed by atoms with Gasteiger partial charge in [0.15, 0.2) is 0 Å². The van der Waals surface area contributed by atoms with Crippen LogP contribution in [0.25, 0.3) is 5.57 Å². The van der Waals surface area contributed by atoms with Crippen LogP contribution >= 0.6 is 24.0 Å². The van der Waals surface area contributed by atoms with Crippen molar-refractivity contribution >= 4 is 55.6 Å². The Morgan fingerprint density at radius 3 is 2.62 bits per heavy atom. The summed E-state index contributed by atoms with van der Waals surface area (Å²) in [6.45, 7) is 3.32. The smallest absolute Gasteiger partial charge is 0.266 e. The zero-order chi connectivity index (χ0) is 23.1. The summed E-state index contributed by atoms with van der Waals surface area (Å²) in [5, 5.41) is 0. The van der Waals surface area contributed by atoms with E-state index in [4.69, 9.17) is 16.8 Å². The van der Waals surface area contributed by atoms with Gasteiger partial charge in [0.1, 0.15) is 4.32 Å². The van der Waals surface area contributed by atoms with Crippen LogP contribution < -0.4 is 4.90 Å². The molecule has 2 heterocycles. The normalized spacial score (nSPS) is 19.1. The zero-order valence-corrected chi connectivity index (χ0v) is 20.3. The number of nitrogens with zero attached hydrogens (tertiary/aromatic N) is 2. The summed E-state index contributed by atoms with van der Waals surface area (Å²) in [7, 11) is -3.92. The number of carbonyl (C=O) groups is 1. The van der Waals surface area contributed by atoms with E-state index in [-0.39, 0.29) is 11.7 Å². The molecule has 32 heavy (non-hydrogen) atoms. The molecule has 0 aromatic heterocycles. The first kappa shape index (κ1) is 24.4. The van der Waals surface area contributed by atoms with Crippen molar-refractivity contribution in [3.8, 4) is 0 Å². The molecule has 0 atom stereocenters. The van der Waals surface area contributed by atoms with Crippen LogP contribution in [0.5, 0.6) is 0 Å². The van der Waals surface area contributed by atoms with Gasteiger partial charge in [0.05, 0.1) is 10.7 Å². The highest BCUT2D eigenvalue weighted by atomic mass is 32.2. The summed E-state index contributed by atoms with van der Waals surface area (Å²) in [6, 6.07) is 8.01. The minimum atomic E-state index is -3.92. The van der Waals surface area contributed by atoms with Crippen molar-refractivity contribution in [1.82, 2.24) is 4.90 Å². The molecular formula is C23H26N2O4S3. The largest absolute Gasteiger partial charge is 0.347 e. The van der Waals surface area contributed by atoms with Crippen LogP contribution in [0.3, 0.4) is 0 Å². The second kappa shape index (κ2) is 11.1. The second-order valence-corrected chi connectivity index (χ2v) is 10.6. The number of benzene rings is 1. The van der Waals surface area contributed by atoms with Crippen molar-refractivity contribution in [3.05, 3.63) is 71.3 Å². The van der Waals surface area contributed by atoms with Gasteiger partial charge in [-0.25, -0.2) is 0 Å². The highest BCUT2D eigenvalue weighted by Gasteiger charge is 2.30. The van der Waals surface area contributed by atoms with Gasteiger partial charge in [-0.1, -0.05) is 67.3 Å². The summed E-state index contributed by atoms with van der Waals surface area (Å²) < 4.78 is 31.3. The Morgan fingerprint density at radius 1 is 1.12 bits per heavy atom. The molecule has 0 bridgehead atoms. The van der Waals surface area contributed by atoms with Crippen molar-refractivity contribution in [2.45, 2.75) is 26.2 Å². The molecule has 3 rings (SSSR count). The minimum Gasteiger partial charge on any atom is -0.347 e. The molecular weight excluding hydrogens is 464 g/mol. The Bertz CT molecular complexity index is 1100. The monoisotopic (exact) mass is 490 g/mol. The predicted molar refractivity (Wildman–Crippen MR) is 136 cm³/mol. The lowest BCUT2D eigenvalue weighted by Crippen LogP contribution is -2.28. The van der Waals surface area contributed by atoms with E-state index in [0.29, 0.717) is 35.2 Å². The molecule has 2 aliphatic rings. The maximum absolute atomic E-state index is 12.4. The van der Waals surface area contributed by atoms with Crippen molar-refractivity contribution < 1.29 is 17.8 Å². The van der Waals surface area contributed by atoms with Crippen molar-refractivity contribution in [1.29, 1.82) is 0 Å². The zero-order valence-electron chi connectivity index (χ0n) is 17.8. The number of thiocarbonyl (C=S) groups is 1. The van der Waals surface area contributed by atoms with Crippen molar-refractivity contribution in [3.63, 3.8) is 0 Å². The molecule has 0 radical (unpaired) electrons. The Hall–Kier alpha value is -2.20. The number of allylic oxidation sites excluding steroid dienone is 6. The summed E-state index contributed by atoms with van der Waals surface area (Å²) in [5.74, 6) is -0.258. The topological polar surface area (TPSA) is 77.9 Å². The van der Waals surface area contributed by atoms with Crippen LogP contribution in [0.15, 0.2) is 65.8 Å². The first-order chi connectivity index (χ1) is 15.3. The van der Waals surface area contributed by atoms with Crippen LogP contribution in [0.4, 0.5) is 5.69 Å². The third-order valence-corrected chi connectivity index (χ3v) is 7.17. The molecule has 1 N–H and O–H groups in total. The average Bonchev–Trinajstić information content (AvgIpc) is 3.02. The number of amides is 1. The number of anilines is 1. The van der Waals surface area contributed by atoms with E-state index in [9.17, 15) is 13.2 Å². The molecule has 1 saturated heterocycles. The SMILES string of the molecule is CCCN1C(=O)/C(=C/C=C/C=C2/C=CN(CCCCS(=O)(=O)O)c3ccccc32)SC1=S. The average molecular weight is 491 g/mol. The molecule has 1 aromatic rings. The lowest BCUT2D eigenvalue weighted by molar-refractivity contribution is -0.122. The predicted octanol–water partition coefficient (Wildman–Crippen LogP) is 4.78. The van der Waals surface area contributed by atoms with Crippen LogP contribution in [0, 0.1) is 0 Å². The third kappa shape index (κ3) is 6.41. The fourth-order valence-electron chi connectivity index (χ4n) is 3.45. The fraction of sp³-hybridized carbons (Fsp3) is 0.304. The van der Waals surface area contributed by atoms with Gasteiger partial charge in [-0.2, -0.15) is 8.42 Å². The number of fused-ring (bicyclic) bond motifs is 1. The Kier molecular flexibility index (Phi) is 8.47. The van der Waals surface area contributed by atoms with E-state index < -0.39 is 10.1 Å². The molecule has 0 unspecified atom stereocenters. The quantitative estimate of drug-likeness (QED) is 0.231. The Balaban J connectivity index is 1.67. The maximum atomic E-state index is 12.4. The van der Waals surface area contributed by atoms with Gasteiger partial charge in [-0.05, 0) is 43.1 Å². The standard InChI is InChI=1S/C23H26N2O4S3/c1-2-14-25-22(26)21(31-23(25)30)12-6-3-9-18-13-16-24(15-7-8-17-32(27,28)29)20-11-5-4-10-19(18)20/h3-6,9-13,16H,2,7-8,14-15,17H2,1H3,(H,27,28,29)/b6-3+,18-9-,21-12-. The van der Waals surface area contributed by atoms with Crippen LogP contribution in [-0.4, -0.2) is 46.9 Å². The first-order valence-electron chi connectivity index (χ1n) is 10.4. The van der Waals surface area contributed by atoms with E-state index in [2.05, 4.69) is 4.90 Å². The third-order valence-electron chi connectivity index (χ3n) is 4.97. The lowest BCUT2D eigenvalue weighted by Gasteiger charge is -2.27. The number of hydrogen-bond donors (Lipinski definition) is 1. The van der Waals surface area contributed by atoms with Gasteiger partial charge >= 0.3 is 0 Å². The van der Waals surface area contributed by atoms with Gasteiger partial charge in [0.25, 0.3) is 16.0 Å². The number of thioether (sulfide) groups is 1. The molecule has 0 saturated carbocycles. The van der Waals surface area contributed by atoms with E-state index >= 15 is 0 Å². The minimum absolute atomic E-state index is 0.0355. The molecule has 1 fully saturated rings. The van der Waals surface area contributed by atoms with E-state index in [1.807, 2.05) is 61.7 Å². The maximum Gasteiger partial charge on any atom is 0.266 e. The molecule has 170 valence electrons. The first-order valence-corrected chi connectivity index (χ1v) is 13.3. The molecule has 1 aromatic carbocycles. The number of unbranched alkanes of at least 4 members (excludes halogenated alkanes) is 1. The highest BCUT2D eigenvalue weighted by molar-refractivity contribution is 8.26. The molecule has 9 heteroatoms. The van der Waals surface area contributed by atoms with Crippen LogP contribution in [-0.2, 0) is 14.9 Å². The summed E-state index contributed by atoms with van der Waals surface area (Å²) in [6.07, 6.45) is 13.5. The summed E-state index contributed by atoms with van der Waals surface area (Å²) in [4.78, 5) is 16.8. The molecule has 6 nitrogen and oxygen atoms in total. The number of rotatable bonds is 9. The Morgan fingerprint density at radius 2 is 1.88 bits per heavy atom. The molecule has 2 aliphatic heterocycles. The van der Waals surface area contributed by atoms with Gasteiger partial charge < -0.3 is 4.90 Å². The number of carbonyl (C=O) groups excluding carboxylic acids is 1. The van der Waals surface area contributed by atoms with Crippen LogP contribution in [0.1, 0.15) is 31.7 Å². The number of para-hydroxylation sites is 1. The van der Waals surface area contributed by atoms with Crippen LogP contribution in [0.2, 0.25) is 0 Å². The second-order valence-electron chi connectivity index (χ2n) is 7.38. The van der Waals surface area contributed by atoms with Gasteiger partial charge in [0.2, 0.25) is 0 Å². The van der Waals surface area contributed by atoms with E-state index in [1.54, 1.807) is 11.0 Å². The summed E-state index contributed by atoms with van der Waals surface area (Å²) in [5.41, 5.74) is 3.16. The highest BCUT2D eigenvalue weighted by Crippen LogP contribution is 2.33.